The summed E-state index contributed by atoms with van der Waals surface area (Å²) < 4.78 is 1.99. The van der Waals surface area contributed by atoms with Crippen molar-refractivity contribution in [2.24, 2.45) is 11.7 Å². The van der Waals surface area contributed by atoms with Gasteiger partial charge in [0.05, 0.1) is 5.56 Å². The Bertz CT molecular complexity index is 584. The van der Waals surface area contributed by atoms with E-state index in [0.29, 0.717) is 5.92 Å². The van der Waals surface area contributed by atoms with Gasteiger partial charge >= 0.3 is 0 Å². The van der Waals surface area contributed by atoms with Crippen LogP contribution in [0.4, 0.5) is 0 Å². The maximum absolute atomic E-state index is 12.6. The highest BCUT2D eigenvalue weighted by atomic mass is 16.2. The Balaban J connectivity index is 1.81. The van der Waals surface area contributed by atoms with Crippen LogP contribution in [0.5, 0.6) is 0 Å². The quantitative estimate of drug-likeness (QED) is 0.909. The molecule has 1 aliphatic rings. The van der Waals surface area contributed by atoms with E-state index in [4.69, 9.17) is 5.73 Å². The topological polar surface area (TPSA) is 50.7 Å². The molecule has 2 atom stereocenters. The molecule has 0 spiro atoms. The van der Waals surface area contributed by atoms with E-state index in [1.807, 2.05) is 52.9 Å². The smallest absolute Gasteiger partial charge is 0.255 e. The third-order valence-electron chi connectivity index (χ3n) is 4.24. The Labute approximate surface area is 119 Å². The van der Waals surface area contributed by atoms with Crippen molar-refractivity contribution in [1.29, 1.82) is 0 Å². The van der Waals surface area contributed by atoms with Crippen LogP contribution in [0, 0.1) is 5.92 Å². The van der Waals surface area contributed by atoms with Gasteiger partial charge in [-0.05, 0) is 43.9 Å². The zero-order valence-corrected chi connectivity index (χ0v) is 11.8. The molecule has 0 saturated carbocycles. The molecular formula is C16H21N3O. The molecule has 1 fully saturated rings. The zero-order valence-electron chi connectivity index (χ0n) is 11.8. The van der Waals surface area contributed by atoms with Crippen molar-refractivity contribution in [1.82, 2.24) is 9.30 Å². The number of piperidine rings is 1. The number of rotatable bonds is 2. The molecule has 0 aliphatic carbocycles. The minimum atomic E-state index is 0.124. The molecule has 1 aliphatic heterocycles. The van der Waals surface area contributed by atoms with Crippen molar-refractivity contribution in [2.75, 3.05) is 13.1 Å². The zero-order chi connectivity index (χ0) is 14.1. The van der Waals surface area contributed by atoms with Crippen molar-refractivity contribution in [3.8, 4) is 0 Å². The van der Waals surface area contributed by atoms with Crippen molar-refractivity contribution < 1.29 is 4.79 Å². The molecule has 106 valence electrons. The van der Waals surface area contributed by atoms with Gasteiger partial charge in [-0.2, -0.15) is 0 Å². The first-order valence-electron chi connectivity index (χ1n) is 7.27. The largest absolute Gasteiger partial charge is 0.338 e. The molecule has 0 radical (unpaired) electrons. The fraction of sp³-hybridized carbons (Fsp3) is 0.438. The number of amides is 1. The average Bonchev–Trinajstić information content (AvgIpc) is 2.90. The first-order chi connectivity index (χ1) is 9.65. The van der Waals surface area contributed by atoms with E-state index in [1.165, 1.54) is 0 Å². The van der Waals surface area contributed by atoms with E-state index in [-0.39, 0.29) is 11.9 Å². The molecule has 4 heteroatoms. The highest BCUT2D eigenvalue weighted by Crippen LogP contribution is 2.21. The number of hydrogen-bond donors (Lipinski definition) is 1. The Morgan fingerprint density at radius 2 is 2.30 bits per heavy atom. The highest BCUT2D eigenvalue weighted by Gasteiger charge is 2.26. The Morgan fingerprint density at radius 3 is 3.05 bits per heavy atom. The van der Waals surface area contributed by atoms with Crippen molar-refractivity contribution in [3.63, 3.8) is 0 Å². The molecule has 0 unspecified atom stereocenters. The fourth-order valence-electron chi connectivity index (χ4n) is 2.98. The second-order valence-electron chi connectivity index (χ2n) is 5.77. The molecule has 1 amide bonds. The molecule has 4 nitrogen and oxygen atoms in total. The van der Waals surface area contributed by atoms with Gasteiger partial charge in [0.25, 0.3) is 5.91 Å². The van der Waals surface area contributed by atoms with Crippen LogP contribution in [0.3, 0.4) is 0 Å². The van der Waals surface area contributed by atoms with Crippen molar-refractivity contribution in [3.05, 3.63) is 42.2 Å². The normalized spacial score (nSPS) is 21.1. The standard InChI is InChI=1S/C16H21N3O/c1-12(17)13-5-4-8-19(10-13)16(20)14-9-15-6-2-3-7-18(15)11-14/h2-3,6-7,9,11-13H,4-5,8,10,17H2,1H3/t12-,13+/m0/s1. The second-order valence-corrected chi connectivity index (χ2v) is 5.77. The van der Waals surface area contributed by atoms with Crippen LogP contribution in [0.2, 0.25) is 0 Å². The molecule has 2 aromatic heterocycles. The minimum Gasteiger partial charge on any atom is -0.338 e. The van der Waals surface area contributed by atoms with Gasteiger partial charge < -0.3 is 15.0 Å². The van der Waals surface area contributed by atoms with Gasteiger partial charge in [-0.3, -0.25) is 4.79 Å². The van der Waals surface area contributed by atoms with E-state index in [0.717, 1.165) is 37.0 Å². The maximum Gasteiger partial charge on any atom is 0.255 e. The van der Waals surface area contributed by atoms with Gasteiger partial charge in [-0.15, -0.1) is 0 Å². The number of likely N-dealkylation sites (tertiary alicyclic amines) is 1. The summed E-state index contributed by atoms with van der Waals surface area (Å²) in [5, 5.41) is 0. The van der Waals surface area contributed by atoms with E-state index in [2.05, 4.69) is 0 Å². The summed E-state index contributed by atoms with van der Waals surface area (Å²) in [6.07, 6.45) is 6.05. The Kier molecular flexibility index (Phi) is 3.49. The van der Waals surface area contributed by atoms with Gasteiger partial charge in [0.1, 0.15) is 0 Å². The number of fused-ring (bicyclic) bond motifs is 1. The van der Waals surface area contributed by atoms with Crippen LogP contribution >= 0.6 is 0 Å². The third-order valence-corrected chi connectivity index (χ3v) is 4.24. The second kappa shape index (κ2) is 5.29. The average molecular weight is 271 g/mol. The molecule has 3 heterocycles. The molecule has 3 rings (SSSR count). The lowest BCUT2D eigenvalue weighted by Gasteiger charge is -2.34. The van der Waals surface area contributed by atoms with Crippen LogP contribution in [-0.2, 0) is 0 Å². The molecule has 1 saturated heterocycles. The maximum atomic E-state index is 12.6. The highest BCUT2D eigenvalue weighted by molar-refractivity contribution is 5.95. The van der Waals surface area contributed by atoms with Gasteiger partial charge in [-0.1, -0.05) is 6.07 Å². The number of hydrogen-bond acceptors (Lipinski definition) is 2. The monoisotopic (exact) mass is 271 g/mol. The lowest BCUT2D eigenvalue weighted by Crippen LogP contribution is -2.44. The van der Waals surface area contributed by atoms with E-state index in [1.54, 1.807) is 0 Å². The SMILES string of the molecule is C[C@H](N)[C@@H]1CCCN(C(=O)c2cc3ccccn3c2)C1. The van der Waals surface area contributed by atoms with E-state index >= 15 is 0 Å². The van der Waals surface area contributed by atoms with Crippen LogP contribution in [0.1, 0.15) is 30.1 Å². The predicted molar refractivity (Wildman–Crippen MR) is 79.7 cm³/mol. The van der Waals surface area contributed by atoms with Gasteiger partial charge in [0.2, 0.25) is 0 Å². The van der Waals surface area contributed by atoms with Crippen LogP contribution in [-0.4, -0.2) is 34.3 Å². The Hall–Kier alpha value is -1.81. The number of carbonyl (C=O) groups excluding carboxylic acids is 1. The third kappa shape index (κ3) is 2.43. The van der Waals surface area contributed by atoms with Crippen molar-refractivity contribution in [2.45, 2.75) is 25.8 Å². The molecular weight excluding hydrogens is 250 g/mol. The van der Waals surface area contributed by atoms with Crippen LogP contribution in [0.25, 0.3) is 5.52 Å². The lowest BCUT2D eigenvalue weighted by atomic mass is 9.92. The number of nitrogens with zero attached hydrogens (tertiary/aromatic N) is 2. The summed E-state index contributed by atoms with van der Waals surface area (Å²) >= 11 is 0. The van der Waals surface area contributed by atoms with Gasteiger partial charge in [0, 0.05) is 37.0 Å². The minimum absolute atomic E-state index is 0.124. The molecule has 2 N–H and O–H groups in total. The summed E-state index contributed by atoms with van der Waals surface area (Å²) in [7, 11) is 0. The fourth-order valence-corrected chi connectivity index (χ4v) is 2.98. The number of pyridine rings is 1. The number of nitrogens with two attached hydrogens (primary N) is 1. The van der Waals surface area contributed by atoms with E-state index in [9.17, 15) is 4.79 Å². The predicted octanol–water partition coefficient (Wildman–Crippen LogP) is 2.14. The van der Waals surface area contributed by atoms with Crippen molar-refractivity contribution >= 4 is 11.4 Å². The molecule has 0 aromatic carbocycles. The van der Waals surface area contributed by atoms with Gasteiger partial charge in [-0.25, -0.2) is 0 Å². The summed E-state index contributed by atoms with van der Waals surface area (Å²) in [5.74, 6) is 0.545. The van der Waals surface area contributed by atoms with Crippen LogP contribution < -0.4 is 5.73 Å². The molecule has 0 bridgehead atoms. The number of carbonyl (C=O) groups is 1. The first-order valence-corrected chi connectivity index (χ1v) is 7.27. The Morgan fingerprint density at radius 1 is 1.45 bits per heavy atom. The van der Waals surface area contributed by atoms with Gasteiger partial charge in [0.15, 0.2) is 0 Å². The summed E-state index contributed by atoms with van der Waals surface area (Å²) in [4.78, 5) is 14.6. The summed E-state index contributed by atoms with van der Waals surface area (Å²) in [5.41, 5.74) is 7.81. The summed E-state index contributed by atoms with van der Waals surface area (Å²) in [6, 6.07) is 8.07. The first kappa shape index (κ1) is 13.2. The number of aromatic nitrogens is 1. The molecule has 20 heavy (non-hydrogen) atoms. The molecule has 2 aromatic rings. The van der Waals surface area contributed by atoms with E-state index < -0.39 is 0 Å². The summed E-state index contributed by atoms with van der Waals surface area (Å²) in [6.45, 7) is 3.66. The lowest BCUT2D eigenvalue weighted by molar-refractivity contribution is 0.0661. The van der Waals surface area contributed by atoms with Crippen LogP contribution in [0.15, 0.2) is 36.7 Å².